The highest BCUT2D eigenvalue weighted by molar-refractivity contribution is 9.10. The van der Waals surface area contributed by atoms with Crippen LogP contribution in [0.15, 0.2) is 39.2 Å². The van der Waals surface area contributed by atoms with Crippen LogP contribution in [-0.4, -0.2) is 15.0 Å². The van der Waals surface area contributed by atoms with Crippen molar-refractivity contribution in [2.75, 3.05) is 6.61 Å². The maximum Gasteiger partial charge on any atom is 0.241 e. The van der Waals surface area contributed by atoms with E-state index in [2.05, 4.69) is 15.9 Å². The molecule has 0 fully saturated rings. The molecular formula is C11H14BrNO3S. The van der Waals surface area contributed by atoms with Gasteiger partial charge in [-0.25, -0.2) is 13.6 Å². The van der Waals surface area contributed by atoms with E-state index in [-0.39, 0.29) is 10.6 Å². The molecule has 2 N–H and O–H groups in total. The summed E-state index contributed by atoms with van der Waals surface area (Å²) >= 11 is 3.19. The van der Waals surface area contributed by atoms with Crippen LogP contribution in [0.5, 0.6) is 5.75 Å². The Morgan fingerprint density at radius 3 is 2.65 bits per heavy atom. The summed E-state index contributed by atoms with van der Waals surface area (Å²) < 4.78 is 28.7. The maximum atomic E-state index is 11.4. The Morgan fingerprint density at radius 1 is 1.47 bits per heavy atom. The molecule has 0 saturated carbocycles. The second kappa shape index (κ2) is 5.66. The van der Waals surface area contributed by atoms with Gasteiger partial charge in [-0.05, 0) is 38.1 Å². The van der Waals surface area contributed by atoms with E-state index in [1.807, 2.05) is 19.9 Å². The fourth-order valence-electron chi connectivity index (χ4n) is 1.12. The standard InChI is InChI=1S/C11H14BrNO3S/c1-8(2)5-6-16-10-4-3-9(12)7-11(10)17(13,14)15/h3-5,7H,6H2,1-2H3,(H2,13,14,15). The Labute approximate surface area is 110 Å². The molecule has 0 saturated heterocycles. The molecule has 0 aromatic heterocycles. The molecule has 94 valence electrons. The van der Waals surface area contributed by atoms with E-state index < -0.39 is 10.0 Å². The monoisotopic (exact) mass is 319 g/mol. The van der Waals surface area contributed by atoms with Crippen LogP contribution in [0, 0.1) is 0 Å². The molecule has 0 aliphatic carbocycles. The lowest BCUT2D eigenvalue weighted by Gasteiger charge is -2.09. The molecule has 0 aliphatic rings. The zero-order valence-electron chi connectivity index (χ0n) is 9.60. The van der Waals surface area contributed by atoms with Gasteiger partial charge in [0, 0.05) is 4.47 Å². The summed E-state index contributed by atoms with van der Waals surface area (Å²) in [6, 6.07) is 4.70. The average molecular weight is 320 g/mol. The Balaban J connectivity index is 3.04. The summed E-state index contributed by atoms with van der Waals surface area (Å²) in [6.45, 7) is 4.18. The molecular weight excluding hydrogens is 306 g/mol. The first-order chi connectivity index (χ1) is 7.80. The Hall–Kier alpha value is -0.850. The van der Waals surface area contributed by atoms with Crippen molar-refractivity contribution >= 4 is 26.0 Å². The van der Waals surface area contributed by atoms with Crippen LogP contribution < -0.4 is 9.88 Å². The van der Waals surface area contributed by atoms with Gasteiger partial charge in [0.2, 0.25) is 10.0 Å². The number of rotatable bonds is 4. The third-order valence-corrected chi connectivity index (χ3v) is 3.37. The lowest BCUT2D eigenvalue weighted by atomic mass is 10.3. The molecule has 1 aromatic rings. The number of allylic oxidation sites excluding steroid dienone is 1. The van der Waals surface area contributed by atoms with E-state index in [9.17, 15) is 8.42 Å². The molecule has 0 radical (unpaired) electrons. The number of halogens is 1. The molecule has 4 nitrogen and oxygen atoms in total. The van der Waals surface area contributed by atoms with Crippen LogP contribution in [0.3, 0.4) is 0 Å². The van der Waals surface area contributed by atoms with Gasteiger partial charge >= 0.3 is 0 Å². The van der Waals surface area contributed by atoms with E-state index >= 15 is 0 Å². The van der Waals surface area contributed by atoms with E-state index in [1.165, 1.54) is 6.07 Å². The molecule has 0 spiro atoms. The summed E-state index contributed by atoms with van der Waals surface area (Å²) in [6.07, 6.45) is 1.86. The van der Waals surface area contributed by atoms with Gasteiger partial charge in [0.25, 0.3) is 0 Å². The quantitative estimate of drug-likeness (QED) is 0.866. The van der Waals surface area contributed by atoms with Crippen molar-refractivity contribution < 1.29 is 13.2 Å². The number of ether oxygens (including phenoxy) is 1. The van der Waals surface area contributed by atoms with Crippen molar-refractivity contribution in [2.45, 2.75) is 18.7 Å². The fraction of sp³-hybridized carbons (Fsp3) is 0.273. The lowest BCUT2D eigenvalue weighted by Crippen LogP contribution is -2.14. The second-order valence-corrected chi connectivity index (χ2v) is 6.17. The Kier molecular flexibility index (Phi) is 4.73. The van der Waals surface area contributed by atoms with E-state index in [1.54, 1.807) is 12.1 Å². The third kappa shape index (κ3) is 4.49. The smallest absolute Gasteiger partial charge is 0.241 e. The van der Waals surface area contributed by atoms with E-state index in [0.717, 1.165) is 5.57 Å². The minimum absolute atomic E-state index is 0.0194. The topological polar surface area (TPSA) is 69.4 Å². The SMILES string of the molecule is CC(C)=CCOc1ccc(Br)cc1S(N)(=O)=O. The molecule has 0 aliphatic heterocycles. The number of primary sulfonamides is 1. The lowest BCUT2D eigenvalue weighted by molar-refractivity contribution is 0.352. The Morgan fingerprint density at radius 2 is 2.12 bits per heavy atom. The van der Waals surface area contributed by atoms with Crippen molar-refractivity contribution in [3.63, 3.8) is 0 Å². The van der Waals surface area contributed by atoms with Crippen LogP contribution in [0.4, 0.5) is 0 Å². The average Bonchev–Trinajstić information content (AvgIpc) is 2.18. The van der Waals surface area contributed by atoms with Gasteiger partial charge < -0.3 is 4.74 Å². The van der Waals surface area contributed by atoms with Crippen LogP contribution in [0.1, 0.15) is 13.8 Å². The second-order valence-electron chi connectivity index (χ2n) is 3.73. The van der Waals surface area contributed by atoms with Crippen LogP contribution in [0.25, 0.3) is 0 Å². The van der Waals surface area contributed by atoms with Crippen molar-refractivity contribution in [3.05, 3.63) is 34.3 Å². The van der Waals surface area contributed by atoms with Crippen LogP contribution in [-0.2, 0) is 10.0 Å². The molecule has 1 aromatic carbocycles. The van der Waals surface area contributed by atoms with Crippen molar-refractivity contribution in [2.24, 2.45) is 5.14 Å². The van der Waals surface area contributed by atoms with E-state index in [0.29, 0.717) is 11.1 Å². The van der Waals surface area contributed by atoms with Crippen molar-refractivity contribution in [1.82, 2.24) is 0 Å². The highest BCUT2D eigenvalue weighted by Crippen LogP contribution is 2.26. The van der Waals surface area contributed by atoms with E-state index in [4.69, 9.17) is 9.88 Å². The highest BCUT2D eigenvalue weighted by Gasteiger charge is 2.15. The zero-order valence-corrected chi connectivity index (χ0v) is 12.0. The number of hydrogen-bond acceptors (Lipinski definition) is 3. The first-order valence-electron chi connectivity index (χ1n) is 4.89. The summed E-state index contributed by atoms with van der Waals surface area (Å²) in [7, 11) is -3.78. The summed E-state index contributed by atoms with van der Waals surface area (Å²) in [5.41, 5.74) is 1.10. The highest BCUT2D eigenvalue weighted by atomic mass is 79.9. The maximum absolute atomic E-state index is 11.4. The number of hydrogen-bond donors (Lipinski definition) is 1. The molecule has 6 heteroatoms. The summed E-state index contributed by atoms with van der Waals surface area (Å²) in [4.78, 5) is -0.0194. The summed E-state index contributed by atoms with van der Waals surface area (Å²) in [5, 5.41) is 5.11. The third-order valence-electron chi connectivity index (χ3n) is 1.94. The number of sulfonamides is 1. The number of nitrogens with two attached hydrogens (primary N) is 1. The predicted molar refractivity (Wildman–Crippen MR) is 70.4 cm³/mol. The molecule has 1 rings (SSSR count). The molecule has 0 amide bonds. The van der Waals surface area contributed by atoms with Gasteiger partial charge in [0.05, 0.1) is 0 Å². The van der Waals surface area contributed by atoms with Crippen molar-refractivity contribution in [3.8, 4) is 5.75 Å². The Bertz CT molecular complexity index is 534. The minimum Gasteiger partial charge on any atom is -0.488 e. The fourth-order valence-corrected chi connectivity index (χ4v) is 2.33. The number of benzene rings is 1. The molecule has 0 unspecified atom stereocenters. The van der Waals surface area contributed by atoms with Gasteiger partial charge in [0.15, 0.2) is 0 Å². The largest absolute Gasteiger partial charge is 0.488 e. The first-order valence-corrected chi connectivity index (χ1v) is 7.23. The predicted octanol–water partition coefficient (Wildman–Crippen LogP) is 2.44. The summed E-state index contributed by atoms with van der Waals surface area (Å²) in [5.74, 6) is 0.258. The van der Waals surface area contributed by atoms with Gasteiger partial charge in [-0.1, -0.05) is 21.5 Å². The normalized spacial score (nSPS) is 11.1. The molecule has 0 atom stereocenters. The molecule has 17 heavy (non-hydrogen) atoms. The zero-order chi connectivity index (χ0) is 13.1. The minimum atomic E-state index is -3.78. The van der Waals surface area contributed by atoms with Crippen LogP contribution in [0.2, 0.25) is 0 Å². The van der Waals surface area contributed by atoms with Crippen LogP contribution >= 0.6 is 15.9 Å². The van der Waals surface area contributed by atoms with Crippen molar-refractivity contribution in [1.29, 1.82) is 0 Å². The van der Waals surface area contributed by atoms with Gasteiger partial charge in [0.1, 0.15) is 17.3 Å². The van der Waals surface area contributed by atoms with Gasteiger partial charge in [-0.15, -0.1) is 0 Å². The molecule has 0 bridgehead atoms. The molecule has 0 heterocycles. The first kappa shape index (κ1) is 14.2. The van der Waals surface area contributed by atoms with Gasteiger partial charge in [-0.2, -0.15) is 0 Å². The van der Waals surface area contributed by atoms with Gasteiger partial charge in [-0.3, -0.25) is 0 Å².